The first-order chi connectivity index (χ1) is 8.25. The van der Waals surface area contributed by atoms with Gasteiger partial charge in [0, 0.05) is 18.3 Å². The first kappa shape index (κ1) is 12.3. The highest BCUT2D eigenvalue weighted by atomic mass is 32.1. The van der Waals surface area contributed by atoms with E-state index in [4.69, 9.17) is 18.0 Å². The van der Waals surface area contributed by atoms with Crippen LogP contribution in [0.1, 0.15) is 37.7 Å². The normalized spacial score (nSPS) is 16.0. The Balaban J connectivity index is 1.76. The number of rotatable bonds is 5. The summed E-state index contributed by atoms with van der Waals surface area (Å²) in [6.07, 6.45) is 8.58. The number of nitrogens with zero attached hydrogens (tertiary/aromatic N) is 1. The Bertz CT molecular complexity index is 369. The topological polar surface area (TPSA) is 50.9 Å². The lowest BCUT2D eigenvalue weighted by atomic mass is 10.0. The molecule has 1 saturated carbocycles. The Hall–Kier alpha value is -1.16. The van der Waals surface area contributed by atoms with Crippen molar-refractivity contribution in [3.8, 4) is 0 Å². The van der Waals surface area contributed by atoms with Crippen LogP contribution in [0, 0.1) is 5.92 Å². The molecule has 0 spiro atoms. The largest absolute Gasteiger partial charge is 0.389 e. The highest BCUT2D eigenvalue weighted by Crippen LogP contribution is 2.27. The number of nitrogens with two attached hydrogens (primary N) is 1. The molecule has 1 heterocycles. The minimum absolute atomic E-state index is 0.398. The summed E-state index contributed by atoms with van der Waals surface area (Å²) in [7, 11) is 0. The molecule has 1 aromatic heterocycles. The highest BCUT2D eigenvalue weighted by Gasteiger charge is 2.13. The summed E-state index contributed by atoms with van der Waals surface area (Å²) >= 11 is 4.88. The third kappa shape index (κ3) is 3.66. The molecule has 0 atom stereocenters. The minimum atomic E-state index is 0.398. The van der Waals surface area contributed by atoms with Crippen LogP contribution in [0.15, 0.2) is 18.3 Å². The van der Waals surface area contributed by atoms with E-state index < -0.39 is 0 Å². The van der Waals surface area contributed by atoms with E-state index in [1.54, 1.807) is 6.20 Å². The van der Waals surface area contributed by atoms with Crippen LogP contribution in [0.2, 0.25) is 0 Å². The SMILES string of the molecule is NC(=S)c1ccc(NCCC2CCCC2)nc1. The molecule has 1 aliphatic rings. The van der Waals surface area contributed by atoms with E-state index in [1.165, 1.54) is 32.1 Å². The maximum absolute atomic E-state index is 5.52. The summed E-state index contributed by atoms with van der Waals surface area (Å²) in [6, 6.07) is 3.84. The van der Waals surface area contributed by atoms with Crippen molar-refractivity contribution in [2.24, 2.45) is 11.7 Å². The minimum Gasteiger partial charge on any atom is -0.389 e. The first-order valence-electron chi connectivity index (χ1n) is 6.25. The fourth-order valence-corrected chi connectivity index (χ4v) is 2.47. The van der Waals surface area contributed by atoms with Gasteiger partial charge in [0.2, 0.25) is 0 Å². The van der Waals surface area contributed by atoms with E-state index >= 15 is 0 Å². The second-order valence-electron chi connectivity index (χ2n) is 4.66. The average molecular weight is 249 g/mol. The molecule has 17 heavy (non-hydrogen) atoms. The van der Waals surface area contributed by atoms with Gasteiger partial charge < -0.3 is 11.1 Å². The molecular weight excluding hydrogens is 230 g/mol. The van der Waals surface area contributed by atoms with Crippen molar-refractivity contribution in [1.29, 1.82) is 0 Å². The van der Waals surface area contributed by atoms with E-state index in [9.17, 15) is 0 Å². The van der Waals surface area contributed by atoms with Gasteiger partial charge in [-0.2, -0.15) is 0 Å². The lowest BCUT2D eigenvalue weighted by molar-refractivity contribution is 0.518. The molecule has 1 aliphatic carbocycles. The maximum Gasteiger partial charge on any atom is 0.125 e. The zero-order chi connectivity index (χ0) is 12.1. The van der Waals surface area contributed by atoms with Gasteiger partial charge >= 0.3 is 0 Å². The molecule has 0 saturated heterocycles. The monoisotopic (exact) mass is 249 g/mol. The van der Waals surface area contributed by atoms with Gasteiger partial charge in [0.15, 0.2) is 0 Å². The Labute approximate surface area is 108 Å². The first-order valence-corrected chi connectivity index (χ1v) is 6.66. The number of aromatic nitrogens is 1. The zero-order valence-corrected chi connectivity index (χ0v) is 10.8. The van der Waals surface area contributed by atoms with E-state index in [0.29, 0.717) is 4.99 Å². The van der Waals surface area contributed by atoms with Crippen molar-refractivity contribution in [3.05, 3.63) is 23.9 Å². The van der Waals surface area contributed by atoms with Gasteiger partial charge in [-0.15, -0.1) is 0 Å². The van der Waals surface area contributed by atoms with Crippen LogP contribution in [0.5, 0.6) is 0 Å². The number of nitrogens with one attached hydrogen (secondary N) is 1. The van der Waals surface area contributed by atoms with Gasteiger partial charge in [0.05, 0.1) is 0 Å². The predicted octanol–water partition coefficient (Wildman–Crippen LogP) is 2.71. The molecule has 1 fully saturated rings. The Morgan fingerprint density at radius 2 is 2.18 bits per heavy atom. The summed E-state index contributed by atoms with van der Waals surface area (Å²) in [5.74, 6) is 1.82. The molecule has 92 valence electrons. The van der Waals surface area contributed by atoms with E-state index in [-0.39, 0.29) is 0 Å². The van der Waals surface area contributed by atoms with Gasteiger partial charge in [-0.25, -0.2) is 4.98 Å². The van der Waals surface area contributed by atoms with Crippen LogP contribution in [0.3, 0.4) is 0 Å². The molecule has 0 unspecified atom stereocenters. The van der Waals surface area contributed by atoms with Gasteiger partial charge in [-0.3, -0.25) is 0 Å². The lowest BCUT2D eigenvalue weighted by Gasteiger charge is -2.10. The summed E-state index contributed by atoms with van der Waals surface area (Å²) in [5.41, 5.74) is 6.34. The van der Waals surface area contributed by atoms with Crippen LogP contribution in [-0.2, 0) is 0 Å². The molecule has 0 radical (unpaired) electrons. The fourth-order valence-electron chi connectivity index (χ4n) is 2.35. The summed E-state index contributed by atoms with van der Waals surface area (Å²) in [6.45, 7) is 1.00. The molecule has 3 N–H and O–H groups in total. The Morgan fingerprint density at radius 1 is 1.41 bits per heavy atom. The van der Waals surface area contributed by atoms with E-state index in [0.717, 1.165) is 23.8 Å². The molecule has 0 aliphatic heterocycles. The Kier molecular flexibility index (Phi) is 4.31. The third-order valence-electron chi connectivity index (χ3n) is 3.38. The zero-order valence-electron chi connectivity index (χ0n) is 9.98. The number of thiocarbonyl (C=S) groups is 1. The molecule has 2 rings (SSSR count). The highest BCUT2D eigenvalue weighted by molar-refractivity contribution is 7.80. The lowest BCUT2D eigenvalue weighted by Crippen LogP contribution is -2.11. The van der Waals surface area contributed by atoms with Crippen LogP contribution in [0.4, 0.5) is 5.82 Å². The van der Waals surface area contributed by atoms with Crippen LogP contribution < -0.4 is 11.1 Å². The quantitative estimate of drug-likeness (QED) is 0.788. The van der Waals surface area contributed by atoms with Gasteiger partial charge in [0.25, 0.3) is 0 Å². The van der Waals surface area contributed by atoms with Crippen LogP contribution in [-0.4, -0.2) is 16.5 Å². The fraction of sp³-hybridized carbons (Fsp3) is 0.538. The molecule has 1 aromatic rings. The Morgan fingerprint density at radius 3 is 2.76 bits per heavy atom. The standard InChI is InChI=1S/C13H19N3S/c14-13(17)11-5-6-12(16-9-11)15-8-7-10-3-1-2-4-10/h5-6,9-10H,1-4,7-8H2,(H2,14,17)(H,15,16). The van der Waals surface area contributed by atoms with Crippen molar-refractivity contribution in [2.75, 3.05) is 11.9 Å². The van der Waals surface area contributed by atoms with Crippen LogP contribution >= 0.6 is 12.2 Å². The van der Waals surface area contributed by atoms with Crippen LogP contribution in [0.25, 0.3) is 0 Å². The second kappa shape index (κ2) is 5.96. The number of hydrogen-bond acceptors (Lipinski definition) is 3. The molecule has 4 heteroatoms. The van der Waals surface area contributed by atoms with Gasteiger partial charge in [-0.05, 0) is 24.5 Å². The van der Waals surface area contributed by atoms with E-state index in [1.807, 2.05) is 12.1 Å². The summed E-state index contributed by atoms with van der Waals surface area (Å²) in [5, 5.41) is 3.34. The van der Waals surface area contributed by atoms with E-state index in [2.05, 4.69) is 10.3 Å². The third-order valence-corrected chi connectivity index (χ3v) is 3.62. The smallest absolute Gasteiger partial charge is 0.125 e. The van der Waals surface area contributed by atoms with Gasteiger partial charge in [0.1, 0.15) is 10.8 Å². The van der Waals surface area contributed by atoms with Crippen molar-refractivity contribution < 1.29 is 0 Å². The number of hydrogen-bond donors (Lipinski definition) is 2. The number of anilines is 1. The average Bonchev–Trinajstić information content (AvgIpc) is 2.83. The molecule has 0 amide bonds. The second-order valence-corrected chi connectivity index (χ2v) is 5.10. The van der Waals surface area contributed by atoms with Crippen molar-refractivity contribution in [3.63, 3.8) is 0 Å². The maximum atomic E-state index is 5.52. The summed E-state index contributed by atoms with van der Waals surface area (Å²) in [4.78, 5) is 4.68. The van der Waals surface area contributed by atoms with Gasteiger partial charge in [-0.1, -0.05) is 37.9 Å². The van der Waals surface area contributed by atoms with Crippen molar-refractivity contribution in [2.45, 2.75) is 32.1 Å². The molecule has 3 nitrogen and oxygen atoms in total. The molecular formula is C13H19N3S. The molecule has 0 bridgehead atoms. The predicted molar refractivity (Wildman–Crippen MR) is 75.2 cm³/mol. The van der Waals surface area contributed by atoms with Crippen molar-refractivity contribution in [1.82, 2.24) is 4.98 Å². The molecule has 0 aromatic carbocycles. The summed E-state index contributed by atoms with van der Waals surface area (Å²) < 4.78 is 0. The number of pyridine rings is 1. The van der Waals surface area contributed by atoms with Crippen molar-refractivity contribution >= 4 is 23.0 Å².